The highest BCUT2D eigenvalue weighted by molar-refractivity contribution is 7.99. The van der Waals surface area contributed by atoms with Crippen molar-refractivity contribution in [3.63, 3.8) is 0 Å². The molecule has 1 N–H and O–H groups in total. The maximum Gasteiger partial charge on any atom is 0.0197 e. The van der Waals surface area contributed by atoms with Gasteiger partial charge in [-0.1, -0.05) is 13.3 Å². The van der Waals surface area contributed by atoms with Crippen LogP contribution in [0, 0.1) is 5.92 Å². The SMILES string of the molecule is CCC1CCNC(CN(C)C2CCSC2)C1. The fraction of sp³-hybridized carbons (Fsp3) is 1.00. The smallest absolute Gasteiger partial charge is 0.0197 e. The van der Waals surface area contributed by atoms with Crippen LogP contribution >= 0.6 is 11.8 Å². The molecule has 0 aromatic carbocycles. The van der Waals surface area contributed by atoms with Gasteiger partial charge in [0.1, 0.15) is 0 Å². The number of hydrogen-bond donors (Lipinski definition) is 1. The molecule has 0 spiro atoms. The zero-order valence-electron chi connectivity index (χ0n) is 10.7. The minimum atomic E-state index is 0.745. The predicted molar refractivity (Wildman–Crippen MR) is 73.2 cm³/mol. The molecule has 3 atom stereocenters. The lowest BCUT2D eigenvalue weighted by Gasteiger charge is -2.34. The van der Waals surface area contributed by atoms with E-state index in [4.69, 9.17) is 0 Å². The highest BCUT2D eigenvalue weighted by atomic mass is 32.2. The van der Waals surface area contributed by atoms with Gasteiger partial charge in [-0.2, -0.15) is 11.8 Å². The number of likely N-dealkylation sites (N-methyl/N-ethyl adjacent to an activating group) is 1. The largest absolute Gasteiger partial charge is 0.313 e. The number of piperidine rings is 1. The summed E-state index contributed by atoms with van der Waals surface area (Å²) in [4.78, 5) is 2.59. The Hall–Kier alpha value is 0.270. The van der Waals surface area contributed by atoms with E-state index in [1.54, 1.807) is 0 Å². The maximum atomic E-state index is 3.69. The molecular formula is C13H26N2S. The zero-order valence-corrected chi connectivity index (χ0v) is 11.6. The molecule has 0 aromatic heterocycles. The molecule has 2 heterocycles. The van der Waals surface area contributed by atoms with Crippen molar-refractivity contribution in [2.75, 3.05) is 31.6 Å². The monoisotopic (exact) mass is 242 g/mol. The Balaban J connectivity index is 1.75. The maximum absolute atomic E-state index is 3.69. The van der Waals surface area contributed by atoms with E-state index in [1.165, 1.54) is 50.3 Å². The lowest BCUT2D eigenvalue weighted by atomic mass is 9.90. The molecule has 94 valence electrons. The Morgan fingerprint density at radius 1 is 1.38 bits per heavy atom. The molecule has 2 nitrogen and oxygen atoms in total. The highest BCUT2D eigenvalue weighted by Gasteiger charge is 2.25. The summed E-state index contributed by atoms with van der Waals surface area (Å²) in [7, 11) is 2.31. The number of hydrogen-bond acceptors (Lipinski definition) is 3. The summed E-state index contributed by atoms with van der Waals surface area (Å²) < 4.78 is 0. The Morgan fingerprint density at radius 3 is 2.94 bits per heavy atom. The van der Waals surface area contributed by atoms with E-state index in [1.807, 2.05) is 0 Å². The molecule has 0 aromatic rings. The van der Waals surface area contributed by atoms with Crippen LogP contribution in [0.3, 0.4) is 0 Å². The lowest BCUT2D eigenvalue weighted by molar-refractivity contribution is 0.193. The number of nitrogens with one attached hydrogen (secondary N) is 1. The fourth-order valence-electron chi connectivity index (χ4n) is 2.97. The summed E-state index contributed by atoms with van der Waals surface area (Å²) in [5.41, 5.74) is 0. The van der Waals surface area contributed by atoms with Crippen molar-refractivity contribution in [3.05, 3.63) is 0 Å². The molecule has 2 saturated heterocycles. The van der Waals surface area contributed by atoms with E-state index < -0.39 is 0 Å². The van der Waals surface area contributed by atoms with Crippen molar-refractivity contribution in [1.29, 1.82) is 0 Å². The second kappa shape index (κ2) is 6.27. The van der Waals surface area contributed by atoms with E-state index in [0.29, 0.717) is 0 Å². The van der Waals surface area contributed by atoms with Crippen LogP contribution in [0.5, 0.6) is 0 Å². The topological polar surface area (TPSA) is 15.3 Å². The van der Waals surface area contributed by atoms with Gasteiger partial charge >= 0.3 is 0 Å². The van der Waals surface area contributed by atoms with Crippen LogP contribution in [0.25, 0.3) is 0 Å². The van der Waals surface area contributed by atoms with Gasteiger partial charge in [-0.25, -0.2) is 0 Å². The summed E-state index contributed by atoms with van der Waals surface area (Å²) in [6, 6.07) is 1.59. The van der Waals surface area contributed by atoms with E-state index in [2.05, 4.69) is 35.9 Å². The molecule has 0 aliphatic carbocycles. The summed E-state index contributed by atoms with van der Waals surface area (Å²) in [5, 5.41) is 3.69. The molecule has 3 unspecified atom stereocenters. The van der Waals surface area contributed by atoms with E-state index in [-0.39, 0.29) is 0 Å². The second-order valence-corrected chi connectivity index (χ2v) is 6.56. The first kappa shape index (κ1) is 12.7. The minimum Gasteiger partial charge on any atom is -0.313 e. The van der Waals surface area contributed by atoms with Crippen LogP contribution in [0.15, 0.2) is 0 Å². The molecule has 2 fully saturated rings. The van der Waals surface area contributed by atoms with Crippen molar-refractivity contribution in [2.24, 2.45) is 5.92 Å². The third kappa shape index (κ3) is 3.38. The number of rotatable bonds is 4. The Bertz CT molecular complexity index is 204. The lowest BCUT2D eigenvalue weighted by Crippen LogP contribution is -2.47. The Morgan fingerprint density at radius 2 is 2.25 bits per heavy atom. The number of thioether (sulfide) groups is 1. The Kier molecular flexibility index (Phi) is 4.98. The molecular weight excluding hydrogens is 216 g/mol. The Labute approximate surface area is 105 Å². The highest BCUT2D eigenvalue weighted by Crippen LogP contribution is 2.24. The normalized spacial score (nSPS) is 35.8. The van der Waals surface area contributed by atoms with Gasteiger partial charge in [0.05, 0.1) is 0 Å². The first-order valence-electron chi connectivity index (χ1n) is 6.81. The van der Waals surface area contributed by atoms with Crippen LogP contribution in [-0.4, -0.2) is 48.6 Å². The van der Waals surface area contributed by atoms with E-state index >= 15 is 0 Å². The van der Waals surface area contributed by atoms with Gasteiger partial charge in [0.25, 0.3) is 0 Å². The van der Waals surface area contributed by atoms with Crippen molar-refractivity contribution >= 4 is 11.8 Å². The predicted octanol–water partition coefficient (Wildman–Crippen LogP) is 2.20. The average Bonchev–Trinajstić information content (AvgIpc) is 2.83. The fourth-order valence-corrected chi connectivity index (χ4v) is 4.27. The van der Waals surface area contributed by atoms with Crippen molar-refractivity contribution in [3.8, 4) is 0 Å². The van der Waals surface area contributed by atoms with Gasteiger partial charge in [-0.15, -0.1) is 0 Å². The molecule has 16 heavy (non-hydrogen) atoms. The third-order valence-corrected chi connectivity index (χ3v) is 5.36. The van der Waals surface area contributed by atoms with Gasteiger partial charge in [0, 0.05) is 24.4 Å². The van der Waals surface area contributed by atoms with Crippen LogP contribution in [0.1, 0.15) is 32.6 Å². The minimum absolute atomic E-state index is 0.745. The number of nitrogens with zero attached hydrogens (tertiary/aromatic N) is 1. The van der Waals surface area contributed by atoms with Crippen molar-refractivity contribution in [1.82, 2.24) is 10.2 Å². The first-order valence-corrected chi connectivity index (χ1v) is 7.96. The van der Waals surface area contributed by atoms with Gasteiger partial charge in [-0.3, -0.25) is 0 Å². The summed E-state index contributed by atoms with van der Waals surface area (Å²) in [6.07, 6.45) is 5.53. The molecule has 2 rings (SSSR count). The van der Waals surface area contributed by atoms with Crippen LogP contribution in [-0.2, 0) is 0 Å². The molecule has 0 bridgehead atoms. The van der Waals surface area contributed by atoms with Gasteiger partial charge in [0.15, 0.2) is 0 Å². The quantitative estimate of drug-likeness (QED) is 0.814. The van der Waals surface area contributed by atoms with Crippen LogP contribution in [0.2, 0.25) is 0 Å². The second-order valence-electron chi connectivity index (χ2n) is 5.41. The molecule has 2 aliphatic rings. The summed E-state index contributed by atoms with van der Waals surface area (Å²) in [5.74, 6) is 3.68. The molecule has 0 radical (unpaired) electrons. The van der Waals surface area contributed by atoms with E-state index in [9.17, 15) is 0 Å². The van der Waals surface area contributed by atoms with Crippen molar-refractivity contribution in [2.45, 2.75) is 44.7 Å². The first-order chi connectivity index (χ1) is 7.79. The molecule has 3 heteroatoms. The standard InChI is InChI=1S/C13H26N2S/c1-3-11-4-6-14-12(8-11)9-15(2)13-5-7-16-10-13/h11-14H,3-10H2,1-2H3. The van der Waals surface area contributed by atoms with Crippen molar-refractivity contribution < 1.29 is 0 Å². The van der Waals surface area contributed by atoms with E-state index in [0.717, 1.165) is 18.0 Å². The van der Waals surface area contributed by atoms with Crippen LogP contribution in [0.4, 0.5) is 0 Å². The molecule has 2 aliphatic heterocycles. The average molecular weight is 242 g/mol. The summed E-state index contributed by atoms with van der Waals surface area (Å²) >= 11 is 2.12. The summed E-state index contributed by atoms with van der Waals surface area (Å²) in [6.45, 7) is 4.82. The van der Waals surface area contributed by atoms with Gasteiger partial charge in [0.2, 0.25) is 0 Å². The molecule has 0 saturated carbocycles. The molecule has 0 amide bonds. The van der Waals surface area contributed by atoms with Gasteiger partial charge in [-0.05, 0) is 44.5 Å². The zero-order chi connectivity index (χ0) is 11.4. The third-order valence-electron chi connectivity index (χ3n) is 4.22. The van der Waals surface area contributed by atoms with Crippen LogP contribution < -0.4 is 5.32 Å². The van der Waals surface area contributed by atoms with Gasteiger partial charge < -0.3 is 10.2 Å².